The molecule has 29 heavy (non-hydrogen) atoms. The van der Waals surface area contributed by atoms with Crippen LogP contribution in [0.2, 0.25) is 0 Å². The van der Waals surface area contributed by atoms with Gasteiger partial charge >= 0.3 is 6.18 Å². The molecule has 3 rings (SSSR count). The molecule has 7 heteroatoms. The van der Waals surface area contributed by atoms with Crippen LogP contribution in [0.3, 0.4) is 0 Å². The van der Waals surface area contributed by atoms with Crippen LogP contribution < -0.4 is 10.2 Å². The topological polar surface area (TPSA) is 35.6 Å². The summed E-state index contributed by atoms with van der Waals surface area (Å²) in [7, 11) is 0. The minimum atomic E-state index is -4.43. The van der Waals surface area contributed by atoms with Crippen LogP contribution in [0.4, 0.5) is 18.9 Å². The van der Waals surface area contributed by atoms with Crippen molar-refractivity contribution in [2.75, 3.05) is 37.6 Å². The van der Waals surface area contributed by atoms with Gasteiger partial charge in [0.1, 0.15) is 6.42 Å². The normalized spacial score (nSPS) is 23.8. The monoisotopic (exact) mass is 411 g/mol. The summed E-state index contributed by atoms with van der Waals surface area (Å²) in [6.07, 6.45) is -1.12. The zero-order valence-electron chi connectivity index (χ0n) is 17.2. The highest BCUT2D eigenvalue weighted by atomic mass is 19.4. The van der Waals surface area contributed by atoms with Gasteiger partial charge in [-0.2, -0.15) is 13.2 Å². The molecule has 1 saturated carbocycles. The van der Waals surface area contributed by atoms with Gasteiger partial charge in [-0.3, -0.25) is 9.69 Å². The molecule has 0 aromatic heterocycles. The number of hydrogen-bond donors (Lipinski definition) is 1. The van der Waals surface area contributed by atoms with E-state index in [-0.39, 0.29) is 6.04 Å². The summed E-state index contributed by atoms with van der Waals surface area (Å²) in [5.41, 5.74) is 2.59. The standard InChI is InChI=1S/C22H32F3N3O/c1-17-3-2-4-20(15-17)28-13-11-27(12-14-28)10-9-18-5-7-19(8-6-18)26-21(29)16-22(23,24)25/h2-4,15,18-19H,5-14,16H2,1H3,(H,26,29)/t18-,19-. The zero-order valence-corrected chi connectivity index (χ0v) is 17.2. The Hall–Kier alpha value is -1.76. The Morgan fingerprint density at radius 2 is 1.79 bits per heavy atom. The number of halogens is 3. The summed E-state index contributed by atoms with van der Waals surface area (Å²) in [5, 5.41) is 2.55. The number of rotatable bonds is 6. The fourth-order valence-electron chi connectivity index (χ4n) is 4.48. The predicted molar refractivity (Wildman–Crippen MR) is 109 cm³/mol. The number of carbonyl (C=O) groups is 1. The van der Waals surface area contributed by atoms with E-state index >= 15 is 0 Å². The lowest BCUT2D eigenvalue weighted by Crippen LogP contribution is -2.47. The highest BCUT2D eigenvalue weighted by Crippen LogP contribution is 2.28. The molecule has 1 heterocycles. The summed E-state index contributed by atoms with van der Waals surface area (Å²) in [5.74, 6) is -0.284. The van der Waals surface area contributed by atoms with E-state index in [9.17, 15) is 18.0 Å². The Bertz CT molecular complexity index is 664. The molecule has 1 N–H and O–H groups in total. The van der Waals surface area contributed by atoms with Crippen molar-refractivity contribution >= 4 is 11.6 Å². The van der Waals surface area contributed by atoms with Gasteiger partial charge in [0.15, 0.2) is 0 Å². The fourth-order valence-corrected chi connectivity index (χ4v) is 4.48. The van der Waals surface area contributed by atoms with Gasteiger partial charge in [0.2, 0.25) is 5.91 Å². The molecule has 1 aromatic rings. The summed E-state index contributed by atoms with van der Waals surface area (Å²) < 4.78 is 36.8. The van der Waals surface area contributed by atoms with Crippen molar-refractivity contribution in [3.8, 4) is 0 Å². The molecule has 1 aliphatic heterocycles. The Kier molecular flexibility index (Phi) is 7.44. The summed E-state index contributed by atoms with van der Waals surface area (Å²) in [4.78, 5) is 16.4. The van der Waals surface area contributed by atoms with E-state index in [1.807, 2.05) is 0 Å². The van der Waals surface area contributed by atoms with E-state index in [2.05, 4.69) is 46.3 Å². The average molecular weight is 412 g/mol. The molecule has 2 fully saturated rings. The number of nitrogens with zero attached hydrogens (tertiary/aromatic N) is 2. The molecule has 1 amide bonds. The van der Waals surface area contributed by atoms with Gasteiger partial charge < -0.3 is 10.2 Å². The van der Waals surface area contributed by atoms with Crippen molar-refractivity contribution in [1.82, 2.24) is 10.2 Å². The largest absolute Gasteiger partial charge is 0.397 e. The molecule has 0 radical (unpaired) electrons. The van der Waals surface area contributed by atoms with E-state index in [1.165, 1.54) is 11.3 Å². The van der Waals surface area contributed by atoms with Crippen LogP contribution >= 0.6 is 0 Å². The molecule has 1 aliphatic carbocycles. The van der Waals surface area contributed by atoms with E-state index in [0.717, 1.165) is 64.8 Å². The fraction of sp³-hybridized carbons (Fsp3) is 0.682. The second-order valence-corrected chi connectivity index (χ2v) is 8.53. The number of aryl methyl sites for hydroxylation is 1. The SMILES string of the molecule is Cc1cccc(N2CCN(CC[C@H]3CC[C@H](NC(=O)CC(F)(F)F)CC3)CC2)c1. The smallest absolute Gasteiger partial charge is 0.369 e. The zero-order chi connectivity index (χ0) is 20.9. The Morgan fingerprint density at radius 1 is 1.10 bits per heavy atom. The van der Waals surface area contributed by atoms with Crippen molar-refractivity contribution in [3.63, 3.8) is 0 Å². The number of hydrogen-bond acceptors (Lipinski definition) is 3. The van der Waals surface area contributed by atoms with Crippen molar-refractivity contribution in [1.29, 1.82) is 0 Å². The lowest BCUT2D eigenvalue weighted by Gasteiger charge is -2.37. The molecule has 0 spiro atoms. The first kappa shape index (κ1) is 21.9. The number of carbonyl (C=O) groups excluding carboxylic acids is 1. The molecule has 2 aliphatic rings. The predicted octanol–water partition coefficient (Wildman–Crippen LogP) is 4.13. The summed E-state index contributed by atoms with van der Waals surface area (Å²) >= 11 is 0. The van der Waals surface area contributed by atoms with E-state index < -0.39 is 18.5 Å². The molecule has 1 aromatic carbocycles. The Labute approximate surface area is 171 Å². The third-order valence-corrected chi connectivity index (χ3v) is 6.17. The first-order valence-corrected chi connectivity index (χ1v) is 10.7. The quantitative estimate of drug-likeness (QED) is 0.764. The molecule has 162 valence electrons. The summed E-state index contributed by atoms with van der Waals surface area (Å²) in [6, 6.07) is 8.55. The maximum absolute atomic E-state index is 12.3. The van der Waals surface area contributed by atoms with Crippen LogP contribution in [0.15, 0.2) is 24.3 Å². The lowest BCUT2D eigenvalue weighted by atomic mass is 9.84. The number of nitrogens with one attached hydrogen (secondary N) is 1. The highest BCUT2D eigenvalue weighted by molar-refractivity contribution is 5.76. The first-order chi connectivity index (χ1) is 13.8. The van der Waals surface area contributed by atoms with Crippen LogP contribution in [-0.2, 0) is 4.79 Å². The van der Waals surface area contributed by atoms with Crippen LogP contribution in [0.5, 0.6) is 0 Å². The van der Waals surface area contributed by atoms with Gasteiger partial charge in [-0.15, -0.1) is 0 Å². The molecular formula is C22H32F3N3O. The van der Waals surface area contributed by atoms with Crippen LogP contribution in [0.25, 0.3) is 0 Å². The van der Waals surface area contributed by atoms with Crippen molar-refractivity contribution in [3.05, 3.63) is 29.8 Å². The maximum Gasteiger partial charge on any atom is 0.397 e. The van der Waals surface area contributed by atoms with Crippen molar-refractivity contribution in [2.24, 2.45) is 5.92 Å². The van der Waals surface area contributed by atoms with E-state index in [0.29, 0.717) is 5.92 Å². The summed E-state index contributed by atoms with van der Waals surface area (Å²) in [6.45, 7) is 7.42. The number of benzene rings is 1. The van der Waals surface area contributed by atoms with Gasteiger partial charge in [0.05, 0.1) is 0 Å². The maximum atomic E-state index is 12.3. The van der Waals surface area contributed by atoms with Crippen molar-refractivity contribution < 1.29 is 18.0 Å². The van der Waals surface area contributed by atoms with Gasteiger partial charge in [-0.05, 0) is 69.2 Å². The number of amides is 1. The molecule has 0 unspecified atom stereocenters. The third kappa shape index (κ3) is 7.21. The number of piperazine rings is 1. The van der Waals surface area contributed by atoms with Gasteiger partial charge in [0, 0.05) is 37.9 Å². The minimum absolute atomic E-state index is 0.0982. The third-order valence-electron chi connectivity index (χ3n) is 6.17. The van der Waals surface area contributed by atoms with Crippen LogP contribution in [0, 0.1) is 12.8 Å². The van der Waals surface area contributed by atoms with Crippen molar-refractivity contribution in [2.45, 2.75) is 57.7 Å². The molecule has 1 saturated heterocycles. The minimum Gasteiger partial charge on any atom is -0.369 e. The first-order valence-electron chi connectivity index (χ1n) is 10.7. The Morgan fingerprint density at radius 3 is 2.41 bits per heavy atom. The van der Waals surface area contributed by atoms with E-state index in [4.69, 9.17) is 0 Å². The molecular weight excluding hydrogens is 379 g/mol. The second-order valence-electron chi connectivity index (χ2n) is 8.53. The van der Waals surface area contributed by atoms with Crippen LogP contribution in [-0.4, -0.2) is 55.7 Å². The van der Waals surface area contributed by atoms with Gasteiger partial charge in [0.25, 0.3) is 0 Å². The molecule has 0 atom stereocenters. The Balaban J connectivity index is 1.32. The van der Waals surface area contributed by atoms with Crippen LogP contribution in [0.1, 0.15) is 44.1 Å². The number of anilines is 1. The average Bonchev–Trinajstić information content (AvgIpc) is 2.66. The molecule has 4 nitrogen and oxygen atoms in total. The van der Waals surface area contributed by atoms with Gasteiger partial charge in [-0.1, -0.05) is 12.1 Å². The molecule has 0 bridgehead atoms. The second kappa shape index (κ2) is 9.83. The number of alkyl halides is 3. The lowest BCUT2D eigenvalue weighted by molar-refractivity contribution is -0.154. The highest BCUT2D eigenvalue weighted by Gasteiger charge is 2.32. The van der Waals surface area contributed by atoms with Gasteiger partial charge in [-0.25, -0.2) is 0 Å². The van der Waals surface area contributed by atoms with E-state index in [1.54, 1.807) is 0 Å².